The zero-order chi connectivity index (χ0) is 8.97. The monoisotopic (exact) mass is 189 g/mol. The Kier molecular flexibility index (Phi) is 4.02. The summed E-state index contributed by atoms with van der Waals surface area (Å²) in [5.41, 5.74) is 0. The molecule has 0 spiro atoms. The molecule has 3 heteroatoms. The topological polar surface area (TPSA) is 20.3 Å². The smallest absolute Gasteiger partial charge is 0.238 e. The molecule has 1 aliphatic heterocycles. The maximum absolute atomic E-state index is 10.9. The highest BCUT2D eigenvalue weighted by atomic mass is 35.5. The van der Waals surface area contributed by atoms with Gasteiger partial charge >= 0.3 is 0 Å². The van der Waals surface area contributed by atoms with Gasteiger partial charge < -0.3 is 0 Å². The predicted molar refractivity (Wildman–Crippen MR) is 50.4 cm³/mol. The minimum Gasteiger partial charge on any atom is -0.293 e. The number of carbonyl (C=O) groups is 1. The molecule has 12 heavy (non-hydrogen) atoms. The highest BCUT2D eigenvalue weighted by Gasteiger charge is 2.19. The molecule has 2 nitrogen and oxygen atoms in total. The third-order valence-corrected chi connectivity index (χ3v) is 2.83. The molecule has 1 atom stereocenters. The zero-order valence-corrected chi connectivity index (χ0v) is 8.31. The third kappa shape index (κ3) is 2.76. The van der Waals surface area contributed by atoms with Crippen LogP contribution in [0, 0.1) is 0 Å². The molecule has 0 N–H and O–H groups in total. The Morgan fingerprint density at radius 2 is 1.75 bits per heavy atom. The second kappa shape index (κ2) is 4.83. The van der Waals surface area contributed by atoms with E-state index >= 15 is 0 Å². The Hall–Kier alpha value is -0.0800. The van der Waals surface area contributed by atoms with Gasteiger partial charge in [-0.2, -0.15) is 0 Å². The van der Waals surface area contributed by atoms with Crippen LogP contribution in [0.3, 0.4) is 0 Å². The number of halogens is 1. The van der Waals surface area contributed by atoms with Gasteiger partial charge in [0.1, 0.15) is 0 Å². The van der Waals surface area contributed by atoms with E-state index in [9.17, 15) is 4.79 Å². The number of nitrogens with zero attached hydrogens (tertiary/aromatic N) is 1. The van der Waals surface area contributed by atoms with Crippen LogP contribution in [0.25, 0.3) is 0 Å². The average molecular weight is 190 g/mol. The summed E-state index contributed by atoms with van der Waals surface area (Å²) < 4.78 is 0. The van der Waals surface area contributed by atoms with Gasteiger partial charge in [-0.05, 0) is 44.5 Å². The van der Waals surface area contributed by atoms with Crippen LogP contribution in [0.1, 0.15) is 32.6 Å². The van der Waals surface area contributed by atoms with Crippen LogP contribution >= 0.6 is 11.6 Å². The zero-order valence-electron chi connectivity index (χ0n) is 7.55. The van der Waals surface area contributed by atoms with E-state index in [1.807, 2.05) is 6.92 Å². The molecule has 1 heterocycles. The summed E-state index contributed by atoms with van der Waals surface area (Å²) in [5, 5.41) is -0.225. The number of hydrogen-bond donors (Lipinski definition) is 0. The molecule has 70 valence electrons. The number of hydrogen-bond acceptors (Lipinski definition) is 2. The fourth-order valence-corrected chi connectivity index (χ4v) is 1.76. The first kappa shape index (κ1) is 10.0. The molecule has 1 saturated heterocycles. The van der Waals surface area contributed by atoms with Crippen LogP contribution in [0.4, 0.5) is 0 Å². The summed E-state index contributed by atoms with van der Waals surface area (Å²) in [6, 6.07) is -0.0928. The maximum atomic E-state index is 10.9. The van der Waals surface area contributed by atoms with Crippen LogP contribution in [0.2, 0.25) is 0 Å². The first-order chi connectivity index (χ1) is 5.72. The lowest BCUT2D eigenvalue weighted by Gasteiger charge is -2.24. The van der Waals surface area contributed by atoms with Gasteiger partial charge in [0.15, 0.2) is 0 Å². The lowest BCUT2D eigenvalue weighted by Crippen LogP contribution is -2.37. The lowest BCUT2D eigenvalue weighted by molar-refractivity contribution is -0.115. The summed E-state index contributed by atoms with van der Waals surface area (Å²) in [6.07, 6.45) is 4.99. The van der Waals surface area contributed by atoms with Gasteiger partial charge in [-0.1, -0.05) is 12.8 Å². The van der Waals surface area contributed by atoms with E-state index in [4.69, 9.17) is 11.6 Å². The minimum atomic E-state index is -0.225. The average Bonchev–Trinajstić information content (AvgIpc) is 2.30. The summed E-state index contributed by atoms with van der Waals surface area (Å²) in [4.78, 5) is 13.1. The van der Waals surface area contributed by atoms with E-state index in [2.05, 4.69) is 4.90 Å². The molecule has 0 aromatic carbocycles. The van der Waals surface area contributed by atoms with Crippen molar-refractivity contribution in [3.05, 3.63) is 0 Å². The molecule has 0 aromatic heterocycles. The SMILES string of the molecule is CC(C(=O)Cl)N1CCCCCC1. The van der Waals surface area contributed by atoms with Gasteiger partial charge in [0.05, 0.1) is 6.04 Å². The summed E-state index contributed by atoms with van der Waals surface area (Å²) >= 11 is 5.43. The van der Waals surface area contributed by atoms with Crippen LogP contribution in [-0.2, 0) is 4.79 Å². The van der Waals surface area contributed by atoms with E-state index in [1.165, 1.54) is 25.7 Å². The Bertz CT molecular complexity index is 153. The molecule has 0 aromatic rings. The molecular formula is C9H16ClNO. The van der Waals surface area contributed by atoms with Crippen molar-refractivity contribution in [1.29, 1.82) is 0 Å². The molecule has 1 rings (SSSR count). The molecule has 0 saturated carbocycles. The second-order valence-corrected chi connectivity index (χ2v) is 3.80. The molecule has 1 unspecified atom stereocenters. The third-order valence-electron chi connectivity index (χ3n) is 2.52. The van der Waals surface area contributed by atoms with Crippen molar-refractivity contribution in [1.82, 2.24) is 4.90 Å². The number of likely N-dealkylation sites (tertiary alicyclic amines) is 1. The van der Waals surface area contributed by atoms with Crippen LogP contribution in [0.5, 0.6) is 0 Å². The molecule has 1 aliphatic rings. The first-order valence-electron chi connectivity index (χ1n) is 4.65. The Labute approximate surface area is 78.9 Å². The minimum absolute atomic E-state index is 0.0928. The second-order valence-electron chi connectivity index (χ2n) is 3.43. The Morgan fingerprint density at radius 1 is 1.25 bits per heavy atom. The fraction of sp³-hybridized carbons (Fsp3) is 0.889. The van der Waals surface area contributed by atoms with Crippen molar-refractivity contribution in [2.75, 3.05) is 13.1 Å². The standard InChI is InChI=1S/C9H16ClNO/c1-8(9(10)12)11-6-4-2-3-5-7-11/h8H,2-7H2,1H3. The van der Waals surface area contributed by atoms with Gasteiger partial charge in [0.2, 0.25) is 5.24 Å². The highest BCUT2D eigenvalue weighted by Crippen LogP contribution is 2.13. The highest BCUT2D eigenvalue weighted by molar-refractivity contribution is 6.64. The quantitative estimate of drug-likeness (QED) is 0.620. The van der Waals surface area contributed by atoms with Crippen LogP contribution in [-0.4, -0.2) is 29.3 Å². The molecule has 0 aliphatic carbocycles. The summed E-state index contributed by atoms with van der Waals surface area (Å²) in [6.45, 7) is 3.94. The Balaban J connectivity index is 2.42. The Morgan fingerprint density at radius 3 is 2.17 bits per heavy atom. The molecule has 0 bridgehead atoms. The molecule has 0 amide bonds. The molecule has 0 radical (unpaired) electrons. The van der Waals surface area contributed by atoms with Gasteiger partial charge in [-0.3, -0.25) is 9.69 Å². The largest absolute Gasteiger partial charge is 0.293 e. The predicted octanol–water partition coefficient (Wildman–Crippen LogP) is 2.02. The summed E-state index contributed by atoms with van der Waals surface area (Å²) in [5.74, 6) is 0. The van der Waals surface area contributed by atoms with Gasteiger partial charge in [-0.15, -0.1) is 0 Å². The van der Waals surface area contributed by atoms with E-state index < -0.39 is 0 Å². The van der Waals surface area contributed by atoms with Crippen molar-refractivity contribution in [2.45, 2.75) is 38.6 Å². The van der Waals surface area contributed by atoms with E-state index in [0.29, 0.717) is 0 Å². The first-order valence-corrected chi connectivity index (χ1v) is 5.03. The van der Waals surface area contributed by atoms with Crippen LogP contribution in [0.15, 0.2) is 0 Å². The van der Waals surface area contributed by atoms with E-state index in [0.717, 1.165) is 13.1 Å². The number of carbonyl (C=O) groups excluding carboxylic acids is 1. The van der Waals surface area contributed by atoms with Crippen molar-refractivity contribution in [3.63, 3.8) is 0 Å². The summed E-state index contributed by atoms with van der Waals surface area (Å²) in [7, 11) is 0. The van der Waals surface area contributed by atoms with Crippen molar-refractivity contribution in [2.24, 2.45) is 0 Å². The lowest BCUT2D eigenvalue weighted by atomic mass is 10.2. The van der Waals surface area contributed by atoms with Gasteiger partial charge in [0, 0.05) is 0 Å². The van der Waals surface area contributed by atoms with Crippen molar-refractivity contribution < 1.29 is 4.79 Å². The maximum Gasteiger partial charge on any atom is 0.238 e. The molecule has 1 fully saturated rings. The van der Waals surface area contributed by atoms with Gasteiger partial charge in [-0.25, -0.2) is 0 Å². The van der Waals surface area contributed by atoms with Crippen LogP contribution < -0.4 is 0 Å². The van der Waals surface area contributed by atoms with Crippen molar-refractivity contribution >= 4 is 16.8 Å². The normalized spacial score (nSPS) is 23.2. The van der Waals surface area contributed by atoms with Gasteiger partial charge in [0.25, 0.3) is 0 Å². The number of rotatable bonds is 2. The molecular weight excluding hydrogens is 174 g/mol. The fourth-order valence-electron chi connectivity index (χ4n) is 1.63. The van der Waals surface area contributed by atoms with Crippen molar-refractivity contribution in [3.8, 4) is 0 Å². The van der Waals surface area contributed by atoms with E-state index in [1.54, 1.807) is 0 Å². The van der Waals surface area contributed by atoms with E-state index in [-0.39, 0.29) is 11.3 Å².